The van der Waals surface area contributed by atoms with E-state index >= 15 is 0 Å². The topological polar surface area (TPSA) is 52.5 Å². The molecule has 0 aliphatic carbocycles. The molecule has 0 fully saturated rings. The van der Waals surface area contributed by atoms with Crippen LogP contribution < -0.4 is 0 Å². The number of ketones is 1. The van der Waals surface area contributed by atoms with E-state index in [0.29, 0.717) is 17.7 Å². The molecule has 3 nitrogen and oxygen atoms in total. The maximum absolute atomic E-state index is 13.6. The summed E-state index contributed by atoms with van der Waals surface area (Å²) >= 11 is 0. The third-order valence-electron chi connectivity index (χ3n) is 4.69. The number of hydrogen-bond acceptors (Lipinski definition) is 3. The first kappa shape index (κ1) is 16.9. The zero-order valence-corrected chi connectivity index (χ0v) is 15.1. The van der Waals surface area contributed by atoms with E-state index in [-0.39, 0.29) is 11.7 Å². The number of rotatable bonds is 4. The lowest BCUT2D eigenvalue weighted by Crippen LogP contribution is -2.26. The molecular weight excluding hydrogens is 342 g/mol. The Morgan fingerprint density at radius 3 is 2.27 bits per heavy atom. The van der Waals surface area contributed by atoms with Gasteiger partial charge in [0.05, 0.1) is 0 Å². The van der Waals surface area contributed by atoms with Gasteiger partial charge in [-0.25, -0.2) is 0 Å². The smallest absolute Gasteiger partial charge is 0.163 e. The van der Waals surface area contributed by atoms with Crippen LogP contribution >= 0.6 is 0 Å². The number of benzene rings is 3. The van der Waals surface area contributed by atoms with Crippen molar-refractivity contribution in [3.63, 3.8) is 0 Å². The van der Waals surface area contributed by atoms with Crippen molar-refractivity contribution >= 4 is 21.6 Å². The molecule has 1 unspecified atom stereocenters. The number of carbonyl (C=O) groups is 1. The summed E-state index contributed by atoms with van der Waals surface area (Å²) in [6, 6.07) is 26.4. The lowest BCUT2D eigenvalue weighted by Gasteiger charge is -2.31. The van der Waals surface area contributed by atoms with Crippen LogP contribution in [0.5, 0.6) is 0 Å². The molecule has 0 N–H and O–H groups in total. The fourth-order valence-corrected chi connectivity index (χ4v) is 5.67. The first-order chi connectivity index (χ1) is 12.7. The predicted molar refractivity (Wildman–Crippen MR) is 104 cm³/mol. The van der Waals surface area contributed by atoms with Crippen molar-refractivity contribution in [1.82, 2.24) is 0 Å². The Morgan fingerprint density at radius 1 is 0.923 bits per heavy atom. The third kappa shape index (κ3) is 3.26. The molecule has 3 aromatic rings. The second-order valence-electron chi connectivity index (χ2n) is 6.46. The van der Waals surface area contributed by atoms with Gasteiger partial charge in [-0.3, -0.25) is 4.79 Å². The van der Waals surface area contributed by atoms with Crippen LogP contribution in [0.1, 0.15) is 28.3 Å². The van der Waals surface area contributed by atoms with Gasteiger partial charge in [-0.15, -0.1) is 4.36 Å². The summed E-state index contributed by atoms with van der Waals surface area (Å²) < 4.78 is 18.2. The molecule has 1 aliphatic heterocycles. The van der Waals surface area contributed by atoms with Crippen LogP contribution in [0.4, 0.5) is 5.69 Å². The Morgan fingerprint density at radius 2 is 1.54 bits per heavy atom. The number of hydrogen-bond donors (Lipinski definition) is 0. The van der Waals surface area contributed by atoms with Gasteiger partial charge in [0, 0.05) is 17.9 Å². The highest BCUT2D eigenvalue weighted by atomic mass is 32.3. The van der Waals surface area contributed by atoms with Gasteiger partial charge in [0.25, 0.3) is 0 Å². The van der Waals surface area contributed by atoms with E-state index in [9.17, 15) is 9.35 Å². The summed E-state index contributed by atoms with van der Waals surface area (Å²) in [6.07, 6.45) is 0.334. The SMILES string of the molecule is O=C(C[C@@H]1C[S+]([O-])(c2ccccc2)=Nc2ccccc21)c1ccccc1. The quantitative estimate of drug-likeness (QED) is 0.473. The largest absolute Gasteiger partial charge is 0.626 e. The van der Waals surface area contributed by atoms with Crippen molar-refractivity contribution in [3.8, 4) is 0 Å². The zero-order valence-electron chi connectivity index (χ0n) is 14.2. The molecule has 4 heteroatoms. The summed E-state index contributed by atoms with van der Waals surface area (Å²) in [7, 11) is -2.59. The number of fused-ring (bicyclic) bond motifs is 1. The maximum Gasteiger partial charge on any atom is 0.163 e. The molecule has 1 aliphatic rings. The second kappa shape index (κ2) is 6.98. The first-order valence-corrected chi connectivity index (χ1v) is 10.3. The summed E-state index contributed by atoms with van der Waals surface area (Å²) in [5, 5.41) is 0. The van der Waals surface area contributed by atoms with Gasteiger partial charge in [-0.05, 0) is 33.9 Å². The van der Waals surface area contributed by atoms with E-state index in [1.807, 2.05) is 84.9 Å². The summed E-state index contributed by atoms with van der Waals surface area (Å²) in [4.78, 5) is 13.5. The van der Waals surface area contributed by atoms with Crippen molar-refractivity contribution in [2.24, 2.45) is 4.36 Å². The molecule has 130 valence electrons. The van der Waals surface area contributed by atoms with Gasteiger partial charge in [0.15, 0.2) is 5.78 Å². The summed E-state index contributed by atoms with van der Waals surface area (Å²) in [5.74, 6) is 0.332. The van der Waals surface area contributed by atoms with Crippen LogP contribution in [0.2, 0.25) is 0 Å². The van der Waals surface area contributed by atoms with Crippen molar-refractivity contribution in [2.45, 2.75) is 17.2 Å². The Hall–Kier alpha value is -2.56. The van der Waals surface area contributed by atoms with E-state index < -0.39 is 10.1 Å². The second-order valence-corrected chi connectivity index (χ2v) is 8.73. The molecule has 0 aromatic heterocycles. The van der Waals surface area contributed by atoms with Crippen molar-refractivity contribution in [1.29, 1.82) is 0 Å². The first-order valence-electron chi connectivity index (χ1n) is 8.63. The number of carbonyl (C=O) groups excluding carboxylic acids is 1. The van der Waals surface area contributed by atoms with Gasteiger partial charge >= 0.3 is 0 Å². The van der Waals surface area contributed by atoms with Gasteiger partial charge in [0.2, 0.25) is 0 Å². The fourth-order valence-electron chi connectivity index (χ4n) is 3.39. The molecule has 0 amide bonds. The molecule has 0 saturated carbocycles. The fraction of sp³-hybridized carbons (Fsp3) is 0.136. The van der Waals surface area contributed by atoms with Crippen LogP contribution in [0.15, 0.2) is 94.2 Å². The molecule has 4 rings (SSSR count). The normalized spacial score (nSPS) is 21.5. The summed E-state index contributed by atoms with van der Waals surface area (Å²) in [6.45, 7) is 0. The number of nitrogens with zero attached hydrogens (tertiary/aromatic N) is 1. The van der Waals surface area contributed by atoms with Crippen LogP contribution in [-0.4, -0.2) is 16.1 Å². The third-order valence-corrected chi connectivity index (χ3v) is 7.04. The summed E-state index contributed by atoms with van der Waals surface area (Å²) in [5.41, 5.74) is 2.43. The Labute approximate surface area is 154 Å². The molecule has 1 heterocycles. The number of Topliss-reactive ketones (excluding diaryl/α,β-unsaturated/α-hetero) is 1. The Bertz CT molecular complexity index is 983. The average molecular weight is 361 g/mol. The van der Waals surface area contributed by atoms with Gasteiger partial charge in [-0.1, -0.05) is 66.7 Å². The van der Waals surface area contributed by atoms with E-state index in [1.165, 1.54) is 0 Å². The van der Waals surface area contributed by atoms with Crippen LogP contribution in [0.25, 0.3) is 0 Å². The molecule has 0 spiro atoms. The minimum Gasteiger partial charge on any atom is -0.626 e. The Balaban J connectivity index is 1.72. The van der Waals surface area contributed by atoms with E-state index in [4.69, 9.17) is 0 Å². The molecule has 0 radical (unpaired) electrons. The van der Waals surface area contributed by atoms with Gasteiger partial charge in [-0.2, -0.15) is 0 Å². The van der Waals surface area contributed by atoms with Crippen LogP contribution in [-0.2, 0) is 10.1 Å². The average Bonchev–Trinajstić information content (AvgIpc) is 2.69. The molecule has 2 atom stereocenters. The highest BCUT2D eigenvalue weighted by Crippen LogP contribution is 2.41. The molecule has 26 heavy (non-hydrogen) atoms. The van der Waals surface area contributed by atoms with E-state index in [1.54, 1.807) is 0 Å². The zero-order chi connectivity index (χ0) is 18.0. The lowest BCUT2D eigenvalue weighted by molar-refractivity contribution is 0.0976. The molecule has 0 bridgehead atoms. The minimum atomic E-state index is -2.59. The van der Waals surface area contributed by atoms with E-state index in [2.05, 4.69) is 4.36 Å². The van der Waals surface area contributed by atoms with Gasteiger partial charge < -0.3 is 4.55 Å². The van der Waals surface area contributed by atoms with Gasteiger partial charge in [0.1, 0.15) is 16.3 Å². The van der Waals surface area contributed by atoms with Crippen LogP contribution in [0.3, 0.4) is 0 Å². The predicted octanol–water partition coefficient (Wildman–Crippen LogP) is 5.22. The molecule has 0 saturated heterocycles. The monoisotopic (exact) mass is 361 g/mol. The van der Waals surface area contributed by atoms with Crippen molar-refractivity contribution in [2.75, 3.05) is 5.75 Å². The lowest BCUT2D eigenvalue weighted by atomic mass is 9.92. The maximum atomic E-state index is 13.6. The van der Waals surface area contributed by atoms with E-state index in [0.717, 1.165) is 16.1 Å². The van der Waals surface area contributed by atoms with Crippen LogP contribution in [0, 0.1) is 0 Å². The Kier molecular flexibility index (Phi) is 4.53. The highest BCUT2D eigenvalue weighted by molar-refractivity contribution is 8.00. The standard InChI is InChI=1S/C22H19NO2S/c24-22(17-9-3-1-4-10-17)15-18-16-26(25,19-11-5-2-6-12-19)23-21-14-8-7-13-20(18)21/h1-14,18H,15-16H2/t18-,26?/m1/s1. The molecule has 3 aromatic carbocycles. The van der Waals surface area contributed by atoms with Crippen molar-refractivity contribution < 1.29 is 9.35 Å². The van der Waals surface area contributed by atoms with Crippen molar-refractivity contribution in [3.05, 3.63) is 96.1 Å². The molecular formula is C22H19NO2S. The highest BCUT2D eigenvalue weighted by Gasteiger charge is 2.33. The minimum absolute atomic E-state index is 0.0714.